The number of nitrogens with zero attached hydrogens (tertiary/aromatic N) is 2. The Balaban J connectivity index is 1.12. The summed E-state index contributed by atoms with van der Waals surface area (Å²) in [5.74, 6) is 0. The van der Waals surface area contributed by atoms with Crippen LogP contribution in [0.3, 0.4) is 0 Å². The maximum atomic E-state index is 5.21. The van der Waals surface area contributed by atoms with Crippen molar-refractivity contribution in [3.63, 3.8) is 0 Å². The van der Waals surface area contributed by atoms with Crippen LogP contribution >= 0.6 is 0 Å². The Hall–Kier alpha value is -7.81. The molecule has 0 N–H and O–H groups in total. The van der Waals surface area contributed by atoms with Crippen LogP contribution in [-0.4, -0.2) is 9.38 Å². The van der Waals surface area contributed by atoms with Crippen molar-refractivity contribution in [2.45, 2.75) is 0 Å². The third kappa shape index (κ3) is 4.84. The largest absolute Gasteiger partial charge is 0.292 e. The van der Waals surface area contributed by atoms with Crippen LogP contribution in [0.4, 0.5) is 0 Å². The number of fused-ring (bicyclic) bond motifs is 13. The van der Waals surface area contributed by atoms with Gasteiger partial charge in [0.25, 0.3) is 0 Å². The number of aromatic nitrogens is 2. The van der Waals surface area contributed by atoms with Crippen molar-refractivity contribution in [2.24, 2.45) is 0 Å². The molecule has 272 valence electrons. The number of imidazole rings is 1. The van der Waals surface area contributed by atoms with Gasteiger partial charge in [0.1, 0.15) is 5.65 Å². The maximum absolute atomic E-state index is 5.21. The van der Waals surface area contributed by atoms with Crippen molar-refractivity contribution in [1.82, 2.24) is 9.38 Å². The van der Waals surface area contributed by atoms with Crippen molar-refractivity contribution in [2.75, 3.05) is 0 Å². The predicted molar refractivity (Wildman–Crippen MR) is 252 cm³/mol. The van der Waals surface area contributed by atoms with Gasteiger partial charge in [0, 0.05) is 10.8 Å². The fraction of sp³-hybridized carbons (Fsp3) is 0. The Kier molecular flexibility index (Phi) is 6.76. The summed E-state index contributed by atoms with van der Waals surface area (Å²) in [4.78, 5) is 5.21. The molecule has 0 spiro atoms. The second-order valence-electron chi connectivity index (χ2n) is 15.9. The molecule has 13 aromatic rings. The molecule has 59 heavy (non-hydrogen) atoms. The second-order valence-corrected chi connectivity index (χ2v) is 15.9. The molecular weight excluding hydrogens is 713 g/mol. The monoisotopic (exact) mass is 746 g/mol. The zero-order valence-corrected chi connectivity index (χ0v) is 32.0. The second kappa shape index (κ2) is 12.3. The number of pyridine rings is 1. The van der Waals surface area contributed by atoms with Gasteiger partial charge in [-0.1, -0.05) is 152 Å². The quantitative estimate of drug-likeness (QED) is 0.130. The summed E-state index contributed by atoms with van der Waals surface area (Å²) < 4.78 is 2.35. The van der Waals surface area contributed by atoms with Gasteiger partial charge in [-0.15, -0.1) is 0 Å². The predicted octanol–water partition coefficient (Wildman–Crippen LogP) is 15.6. The summed E-state index contributed by atoms with van der Waals surface area (Å²) in [5, 5.41) is 16.0. The number of para-hydroxylation sites is 2. The Morgan fingerprint density at radius 3 is 1.41 bits per heavy atom. The van der Waals surface area contributed by atoms with E-state index in [0.717, 1.165) is 27.6 Å². The smallest absolute Gasteiger partial charge is 0.146 e. The van der Waals surface area contributed by atoms with E-state index in [1.165, 1.54) is 98.0 Å². The van der Waals surface area contributed by atoms with E-state index in [-0.39, 0.29) is 0 Å². The summed E-state index contributed by atoms with van der Waals surface area (Å²) in [6.45, 7) is 0. The zero-order valence-electron chi connectivity index (χ0n) is 32.0. The zero-order chi connectivity index (χ0) is 38.6. The minimum Gasteiger partial charge on any atom is -0.292 e. The molecule has 0 saturated heterocycles. The molecule has 11 aromatic carbocycles. The van der Waals surface area contributed by atoms with Gasteiger partial charge in [-0.3, -0.25) is 4.40 Å². The molecule has 0 saturated carbocycles. The molecule has 0 atom stereocenters. The number of benzene rings is 11. The lowest BCUT2D eigenvalue weighted by Crippen LogP contribution is -1.94. The van der Waals surface area contributed by atoms with E-state index in [1.807, 2.05) is 0 Å². The van der Waals surface area contributed by atoms with E-state index >= 15 is 0 Å². The molecule has 0 aliphatic heterocycles. The average molecular weight is 747 g/mol. The lowest BCUT2D eigenvalue weighted by Gasteiger charge is -2.19. The van der Waals surface area contributed by atoms with Crippen molar-refractivity contribution >= 4 is 92.2 Å². The number of hydrogen-bond donors (Lipinski definition) is 0. The topological polar surface area (TPSA) is 17.3 Å². The maximum Gasteiger partial charge on any atom is 0.146 e. The molecule has 0 fully saturated rings. The van der Waals surface area contributed by atoms with Gasteiger partial charge in [0.15, 0.2) is 0 Å². The molecule has 0 amide bonds. The molecule has 13 rings (SSSR count). The van der Waals surface area contributed by atoms with Crippen molar-refractivity contribution in [3.05, 3.63) is 206 Å². The van der Waals surface area contributed by atoms with Gasteiger partial charge < -0.3 is 0 Å². The molecule has 0 unspecified atom stereocenters. The highest BCUT2D eigenvalue weighted by molar-refractivity contribution is 6.23. The SMILES string of the molecule is c1ccc2cc(-c3c4ccccc4c(-c4ccc5ccccc5c4)c4cc(-c5ccc6c(c5)c5cc7ccccc7cc5c5nc7ccccc7n65)ccc34)ccc2c1. The lowest BCUT2D eigenvalue weighted by molar-refractivity contribution is 1.32. The van der Waals surface area contributed by atoms with Gasteiger partial charge in [-0.2, -0.15) is 0 Å². The minimum absolute atomic E-state index is 0.992. The highest BCUT2D eigenvalue weighted by Gasteiger charge is 2.20. The Bertz CT molecular complexity index is 3910. The first kappa shape index (κ1) is 32.3. The third-order valence-corrected chi connectivity index (χ3v) is 12.6. The summed E-state index contributed by atoms with van der Waals surface area (Å²) >= 11 is 0. The first-order valence-corrected chi connectivity index (χ1v) is 20.4. The van der Waals surface area contributed by atoms with Gasteiger partial charge in [0.05, 0.1) is 16.6 Å². The minimum atomic E-state index is 0.992. The molecule has 2 aromatic heterocycles. The van der Waals surface area contributed by atoms with Crippen LogP contribution < -0.4 is 0 Å². The van der Waals surface area contributed by atoms with E-state index in [4.69, 9.17) is 4.98 Å². The van der Waals surface area contributed by atoms with Gasteiger partial charge >= 0.3 is 0 Å². The van der Waals surface area contributed by atoms with Gasteiger partial charge in [-0.25, -0.2) is 4.98 Å². The summed E-state index contributed by atoms with van der Waals surface area (Å²) in [5.41, 5.74) is 11.6. The van der Waals surface area contributed by atoms with E-state index in [1.54, 1.807) is 0 Å². The van der Waals surface area contributed by atoms with E-state index in [2.05, 4.69) is 211 Å². The molecule has 0 aliphatic rings. The number of rotatable bonds is 3. The van der Waals surface area contributed by atoms with Gasteiger partial charge in [-0.05, 0) is 147 Å². The Labute approximate surface area is 339 Å². The molecule has 0 radical (unpaired) electrons. The van der Waals surface area contributed by atoms with Crippen LogP contribution in [0.5, 0.6) is 0 Å². The molecule has 0 aliphatic carbocycles. The van der Waals surface area contributed by atoms with Crippen LogP contribution in [0.2, 0.25) is 0 Å². The Morgan fingerprint density at radius 2 is 0.746 bits per heavy atom. The highest BCUT2D eigenvalue weighted by atomic mass is 15.0. The molecule has 2 heterocycles. The number of hydrogen-bond acceptors (Lipinski definition) is 1. The van der Waals surface area contributed by atoms with E-state index < -0.39 is 0 Å². The summed E-state index contributed by atoms with van der Waals surface area (Å²) in [6, 6.07) is 76.2. The van der Waals surface area contributed by atoms with Crippen LogP contribution in [0.15, 0.2) is 206 Å². The van der Waals surface area contributed by atoms with Crippen LogP contribution in [-0.2, 0) is 0 Å². The summed E-state index contributed by atoms with van der Waals surface area (Å²) in [7, 11) is 0. The Morgan fingerprint density at radius 1 is 0.271 bits per heavy atom. The first-order chi connectivity index (χ1) is 29.2. The normalized spacial score (nSPS) is 12.1. The molecule has 2 heteroatoms. The highest BCUT2D eigenvalue weighted by Crippen LogP contribution is 2.46. The molecular formula is C57H34N2. The van der Waals surface area contributed by atoms with Crippen molar-refractivity contribution in [1.29, 1.82) is 0 Å². The van der Waals surface area contributed by atoms with E-state index in [0.29, 0.717) is 0 Å². The van der Waals surface area contributed by atoms with Crippen molar-refractivity contribution in [3.8, 4) is 33.4 Å². The molecule has 0 bridgehead atoms. The van der Waals surface area contributed by atoms with Crippen LogP contribution in [0.25, 0.3) is 126 Å². The van der Waals surface area contributed by atoms with Gasteiger partial charge in [0.2, 0.25) is 0 Å². The standard InChI is InChI=1S/C57H34N2/c1-3-13-37-29-43(23-21-35(37)11-1)55-45-17-7-8-18-46(45)56(44-24-22-36-12-2-4-14-38(36)30-44)50-33-41(25-27-47(50)55)42-26-28-53-49(32-42)48-31-39-15-5-6-16-40(39)34-51(48)57-58-52-19-9-10-20-54(52)59(53)57/h1-34H. The average Bonchev–Trinajstić information content (AvgIpc) is 3.70. The third-order valence-electron chi connectivity index (χ3n) is 12.6. The fourth-order valence-corrected chi connectivity index (χ4v) is 9.89. The van der Waals surface area contributed by atoms with E-state index in [9.17, 15) is 0 Å². The van der Waals surface area contributed by atoms with Crippen molar-refractivity contribution < 1.29 is 0 Å². The molecule has 2 nitrogen and oxygen atoms in total. The fourth-order valence-electron chi connectivity index (χ4n) is 9.89. The van der Waals surface area contributed by atoms with Crippen LogP contribution in [0, 0.1) is 0 Å². The summed E-state index contributed by atoms with van der Waals surface area (Å²) in [6.07, 6.45) is 0. The van der Waals surface area contributed by atoms with Crippen LogP contribution in [0.1, 0.15) is 0 Å². The lowest BCUT2D eigenvalue weighted by atomic mass is 9.84. The first-order valence-electron chi connectivity index (χ1n) is 20.4.